The van der Waals surface area contributed by atoms with Crippen molar-refractivity contribution in [1.82, 2.24) is 0 Å². The summed E-state index contributed by atoms with van der Waals surface area (Å²) in [5, 5.41) is 4.11. The lowest BCUT2D eigenvalue weighted by atomic mass is 10.0. The lowest BCUT2D eigenvalue weighted by Crippen LogP contribution is -1.92. The maximum atomic E-state index is 14.9. The van der Waals surface area contributed by atoms with Gasteiger partial charge in [0.1, 0.15) is 11.6 Å². The Morgan fingerprint density at radius 1 is 0.667 bits per heavy atom. The van der Waals surface area contributed by atoms with Crippen LogP contribution in [0.1, 0.15) is 38.8 Å². The highest BCUT2D eigenvalue weighted by atomic mass is 32.1. The number of halogens is 2. The standard InChI is InChI=1S/C24H24F2S4/c1-13(2)9-15-5-7-27-21(15)19-11-17(25)23(29-19)24-18(26)12-20(30-24)22-16(6-8-28-22)10-14(3)4/h5-8,11-14H,9-10H2,1-4H3. The van der Waals surface area contributed by atoms with Gasteiger partial charge in [-0.3, -0.25) is 0 Å². The fourth-order valence-electron chi connectivity index (χ4n) is 3.58. The number of thiophene rings is 4. The van der Waals surface area contributed by atoms with E-state index in [1.54, 1.807) is 34.8 Å². The number of hydrogen-bond donors (Lipinski definition) is 0. The van der Waals surface area contributed by atoms with Crippen LogP contribution in [0.2, 0.25) is 0 Å². The Hall–Kier alpha value is -1.34. The van der Waals surface area contributed by atoms with Crippen molar-refractivity contribution in [3.05, 3.63) is 57.8 Å². The minimum atomic E-state index is -0.334. The summed E-state index contributed by atoms with van der Waals surface area (Å²) in [6.07, 6.45) is 1.92. The van der Waals surface area contributed by atoms with Gasteiger partial charge in [0.15, 0.2) is 0 Å². The van der Waals surface area contributed by atoms with E-state index in [4.69, 9.17) is 0 Å². The van der Waals surface area contributed by atoms with Gasteiger partial charge < -0.3 is 0 Å². The van der Waals surface area contributed by atoms with E-state index in [1.165, 1.54) is 33.8 Å². The molecule has 4 heterocycles. The van der Waals surface area contributed by atoms with Crippen LogP contribution >= 0.6 is 45.3 Å². The van der Waals surface area contributed by atoms with E-state index in [-0.39, 0.29) is 11.6 Å². The molecule has 0 nitrogen and oxygen atoms in total. The first-order chi connectivity index (χ1) is 14.3. The zero-order valence-corrected chi connectivity index (χ0v) is 20.7. The van der Waals surface area contributed by atoms with Gasteiger partial charge in [0.2, 0.25) is 0 Å². The summed E-state index contributed by atoms with van der Waals surface area (Å²) in [7, 11) is 0. The molecule has 0 aliphatic rings. The Balaban J connectivity index is 1.70. The highest BCUT2D eigenvalue weighted by Gasteiger charge is 2.22. The van der Waals surface area contributed by atoms with Crippen molar-refractivity contribution in [1.29, 1.82) is 0 Å². The predicted molar refractivity (Wildman–Crippen MR) is 131 cm³/mol. The van der Waals surface area contributed by atoms with E-state index in [9.17, 15) is 8.78 Å². The van der Waals surface area contributed by atoms with Crippen LogP contribution in [0.5, 0.6) is 0 Å². The van der Waals surface area contributed by atoms with E-state index in [1.807, 2.05) is 0 Å². The lowest BCUT2D eigenvalue weighted by molar-refractivity contribution is 0.624. The number of hydrogen-bond acceptors (Lipinski definition) is 4. The van der Waals surface area contributed by atoms with Gasteiger partial charge >= 0.3 is 0 Å². The summed E-state index contributed by atoms with van der Waals surface area (Å²) in [5.74, 6) is 0.399. The van der Waals surface area contributed by atoms with Gasteiger partial charge in [-0.15, -0.1) is 45.3 Å². The molecule has 0 aliphatic carbocycles. The molecule has 4 rings (SSSR count). The van der Waals surface area contributed by atoms with E-state index >= 15 is 0 Å². The van der Waals surface area contributed by atoms with Crippen molar-refractivity contribution in [2.45, 2.75) is 40.5 Å². The maximum absolute atomic E-state index is 14.9. The molecule has 0 saturated heterocycles. The van der Waals surface area contributed by atoms with Gasteiger partial charge in [-0.05, 0) is 70.8 Å². The largest absolute Gasteiger partial charge is 0.205 e. The molecule has 0 unspecified atom stereocenters. The van der Waals surface area contributed by atoms with E-state index < -0.39 is 0 Å². The summed E-state index contributed by atoms with van der Waals surface area (Å²) in [6.45, 7) is 8.73. The lowest BCUT2D eigenvalue weighted by Gasteiger charge is -2.05. The molecule has 4 aromatic rings. The number of rotatable bonds is 7. The quantitative estimate of drug-likeness (QED) is 0.248. The van der Waals surface area contributed by atoms with Gasteiger partial charge in [-0.2, -0.15) is 0 Å². The minimum Gasteiger partial charge on any atom is -0.205 e. The minimum absolute atomic E-state index is 0.334. The molecule has 0 saturated carbocycles. The van der Waals surface area contributed by atoms with Gasteiger partial charge in [0.05, 0.1) is 9.75 Å². The van der Waals surface area contributed by atoms with Crippen LogP contribution in [0.15, 0.2) is 35.0 Å². The first-order valence-electron chi connectivity index (χ1n) is 10.1. The monoisotopic (exact) mass is 478 g/mol. The first-order valence-corrected chi connectivity index (χ1v) is 13.4. The van der Waals surface area contributed by atoms with Crippen LogP contribution in [0.4, 0.5) is 8.78 Å². The molecule has 0 spiro atoms. The summed E-state index contributed by atoms with van der Waals surface area (Å²) in [4.78, 5) is 4.80. The Kier molecular flexibility index (Phi) is 6.58. The Labute approximate surface area is 192 Å². The molecule has 0 aliphatic heterocycles. The molecule has 4 aromatic heterocycles. The van der Waals surface area contributed by atoms with Gasteiger partial charge in [-0.1, -0.05) is 27.7 Å². The second-order valence-corrected chi connectivity index (χ2v) is 12.3. The van der Waals surface area contributed by atoms with Crippen molar-refractivity contribution in [3.8, 4) is 29.3 Å². The third-order valence-electron chi connectivity index (χ3n) is 4.78. The molecule has 0 radical (unpaired) electrons. The van der Waals surface area contributed by atoms with Crippen LogP contribution in [0, 0.1) is 23.5 Å². The van der Waals surface area contributed by atoms with Crippen LogP contribution < -0.4 is 0 Å². The molecule has 0 fully saturated rings. The summed E-state index contributed by atoms with van der Waals surface area (Å²) >= 11 is 5.98. The smallest absolute Gasteiger partial charge is 0.143 e. The fourth-order valence-corrected chi connectivity index (χ4v) is 7.96. The van der Waals surface area contributed by atoms with Gasteiger partial charge in [0, 0.05) is 19.5 Å². The zero-order valence-electron chi connectivity index (χ0n) is 17.4. The third kappa shape index (κ3) is 4.47. The summed E-state index contributed by atoms with van der Waals surface area (Å²) in [6, 6.07) is 7.38. The first kappa shape index (κ1) is 21.9. The van der Waals surface area contributed by atoms with Gasteiger partial charge in [-0.25, -0.2) is 8.78 Å². The zero-order chi connectivity index (χ0) is 21.4. The van der Waals surface area contributed by atoms with Crippen molar-refractivity contribution < 1.29 is 8.78 Å². The predicted octanol–water partition coefficient (Wildman–Crippen LogP) is 9.61. The molecule has 0 bridgehead atoms. The molecule has 0 N–H and O–H groups in total. The van der Waals surface area contributed by atoms with Crippen LogP contribution in [-0.2, 0) is 12.8 Å². The topological polar surface area (TPSA) is 0 Å². The van der Waals surface area contributed by atoms with Crippen LogP contribution in [-0.4, -0.2) is 0 Å². The third-order valence-corrected chi connectivity index (χ3v) is 9.44. The van der Waals surface area contributed by atoms with Crippen LogP contribution in [0.25, 0.3) is 29.3 Å². The maximum Gasteiger partial charge on any atom is 0.143 e. The molecular formula is C24H24F2S4. The van der Waals surface area contributed by atoms with Gasteiger partial charge in [0.25, 0.3) is 0 Å². The van der Waals surface area contributed by atoms with Crippen molar-refractivity contribution in [3.63, 3.8) is 0 Å². The Morgan fingerprint density at radius 3 is 1.43 bits per heavy atom. The van der Waals surface area contributed by atoms with E-state index in [0.717, 1.165) is 32.4 Å². The second-order valence-electron chi connectivity index (χ2n) is 8.32. The van der Waals surface area contributed by atoms with Crippen molar-refractivity contribution in [2.24, 2.45) is 11.8 Å². The normalized spacial score (nSPS) is 11.9. The SMILES string of the molecule is CC(C)Cc1ccsc1-c1cc(F)c(-c2sc(-c3sccc3CC(C)C)cc2F)s1. The van der Waals surface area contributed by atoms with Crippen LogP contribution in [0.3, 0.4) is 0 Å². The highest BCUT2D eigenvalue weighted by Crippen LogP contribution is 2.47. The summed E-state index contributed by atoms with van der Waals surface area (Å²) in [5.41, 5.74) is 2.49. The average molecular weight is 479 g/mol. The Morgan fingerprint density at radius 2 is 1.07 bits per heavy atom. The molecule has 30 heavy (non-hydrogen) atoms. The fraction of sp³-hybridized carbons (Fsp3) is 0.333. The van der Waals surface area contributed by atoms with Crippen molar-refractivity contribution >= 4 is 45.3 Å². The molecule has 158 valence electrons. The molecular weight excluding hydrogens is 455 g/mol. The molecule has 6 heteroatoms. The second kappa shape index (κ2) is 9.03. The van der Waals surface area contributed by atoms with E-state index in [0.29, 0.717) is 21.6 Å². The van der Waals surface area contributed by atoms with E-state index in [2.05, 4.69) is 50.6 Å². The molecule has 0 amide bonds. The summed E-state index contributed by atoms with van der Waals surface area (Å²) < 4.78 is 29.8. The molecule has 0 aromatic carbocycles. The Bertz CT molecular complexity index is 1050. The highest BCUT2D eigenvalue weighted by molar-refractivity contribution is 7.28. The van der Waals surface area contributed by atoms with Crippen molar-refractivity contribution in [2.75, 3.05) is 0 Å². The average Bonchev–Trinajstić information content (AvgIpc) is 3.41. The molecule has 0 atom stereocenters.